The van der Waals surface area contributed by atoms with Crippen LogP contribution in [-0.4, -0.2) is 13.4 Å². The van der Waals surface area contributed by atoms with Gasteiger partial charge in [-0.05, 0) is 73.6 Å². The van der Waals surface area contributed by atoms with Crippen LogP contribution in [0.25, 0.3) is 5.57 Å². The van der Waals surface area contributed by atoms with E-state index in [0.29, 0.717) is 0 Å². The Balaban J connectivity index is 1.80. The molecule has 1 heterocycles. The molecule has 1 aromatic heterocycles. The zero-order valence-electron chi connectivity index (χ0n) is 17.1. The number of allylic oxidation sites excluding steroid dienone is 1. The summed E-state index contributed by atoms with van der Waals surface area (Å²) >= 11 is 0. The van der Waals surface area contributed by atoms with Crippen molar-refractivity contribution in [3.63, 3.8) is 0 Å². The molecule has 0 radical (unpaired) electrons. The molecule has 0 unspecified atom stereocenters. The SMILES string of the molecule is Cc1ccc(S(=O)(=O)N[C@H](C2=C(c3ccccn3)CCCC2)c2ccccc2)cc1. The predicted molar refractivity (Wildman–Crippen MR) is 120 cm³/mol. The number of rotatable bonds is 6. The van der Waals surface area contributed by atoms with E-state index in [1.807, 2.05) is 67.6 Å². The van der Waals surface area contributed by atoms with Crippen molar-refractivity contribution in [1.29, 1.82) is 0 Å². The van der Waals surface area contributed by atoms with E-state index >= 15 is 0 Å². The fourth-order valence-corrected chi connectivity index (χ4v) is 5.23. The number of sulfonamides is 1. The normalized spacial score (nSPS) is 15.8. The van der Waals surface area contributed by atoms with Crippen molar-refractivity contribution in [3.05, 3.63) is 101 Å². The highest BCUT2D eigenvalue weighted by molar-refractivity contribution is 7.89. The first-order chi connectivity index (χ1) is 14.5. The maximum Gasteiger partial charge on any atom is 0.241 e. The Labute approximate surface area is 178 Å². The number of aryl methyl sites for hydroxylation is 1. The minimum atomic E-state index is -3.68. The largest absolute Gasteiger partial charge is 0.257 e. The summed E-state index contributed by atoms with van der Waals surface area (Å²) in [5.41, 5.74) is 5.17. The van der Waals surface area contributed by atoms with E-state index in [-0.39, 0.29) is 4.90 Å². The van der Waals surface area contributed by atoms with Gasteiger partial charge in [0.1, 0.15) is 0 Å². The highest BCUT2D eigenvalue weighted by Crippen LogP contribution is 2.39. The maximum absolute atomic E-state index is 13.3. The minimum absolute atomic E-state index is 0.282. The van der Waals surface area contributed by atoms with Gasteiger partial charge < -0.3 is 0 Å². The van der Waals surface area contributed by atoms with E-state index in [1.54, 1.807) is 18.3 Å². The summed E-state index contributed by atoms with van der Waals surface area (Å²) in [4.78, 5) is 4.84. The number of hydrogen-bond donors (Lipinski definition) is 1. The standard InChI is InChI=1S/C25H26N2O2S/c1-19-14-16-21(17-15-19)30(28,29)27-25(20-9-3-2-4-10-20)23-12-6-5-11-22(23)24-13-7-8-18-26-24/h2-4,7-10,13-18,25,27H,5-6,11-12H2,1H3/t25-/m0/s1. The average Bonchev–Trinajstić information content (AvgIpc) is 2.79. The van der Waals surface area contributed by atoms with E-state index in [4.69, 9.17) is 0 Å². The monoisotopic (exact) mass is 418 g/mol. The molecule has 0 spiro atoms. The van der Waals surface area contributed by atoms with E-state index in [9.17, 15) is 8.42 Å². The van der Waals surface area contributed by atoms with Gasteiger partial charge in [-0.25, -0.2) is 8.42 Å². The minimum Gasteiger partial charge on any atom is -0.257 e. The molecule has 3 aromatic rings. The van der Waals surface area contributed by atoms with Crippen LogP contribution in [0.2, 0.25) is 0 Å². The maximum atomic E-state index is 13.3. The number of pyridine rings is 1. The van der Waals surface area contributed by atoms with Gasteiger partial charge in [-0.15, -0.1) is 0 Å². The van der Waals surface area contributed by atoms with Crippen molar-refractivity contribution in [2.75, 3.05) is 0 Å². The Morgan fingerprint density at radius 2 is 1.57 bits per heavy atom. The first kappa shape index (κ1) is 20.5. The van der Waals surface area contributed by atoms with Gasteiger partial charge in [0.2, 0.25) is 10.0 Å². The molecule has 2 aromatic carbocycles. The second-order valence-corrected chi connectivity index (χ2v) is 9.42. The van der Waals surface area contributed by atoms with Gasteiger partial charge in [-0.1, -0.05) is 54.1 Å². The van der Waals surface area contributed by atoms with Crippen LogP contribution >= 0.6 is 0 Å². The van der Waals surface area contributed by atoms with Crippen molar-refractivity contribution in [3.8, 4) is 0 Å². The number of hydrogen-bond acceptors (Lipinski definition) is 3. The lowest BCUT2D eigenvalue weighted by Crippen LogP contribution is -2.31. The molecule has 1 aliphatic rings. The number of aromatic nitrogens is 1. The smallest absolute Gasteiger partial charge is 0.241 e. The molecule has 1 aliphatic carbocycles. The Morgan fingerprint density at radius 1 is 0.867 bits per heavy atom. The topological polar surface area (TPSA) is 59.1 Å². The molecular formula is C25H26N2O2S. The predicted octanol–water partition coefficient (Wildman–Crippen LogP) is 5.44. The van der Waals surface area contributed by atoms with Gasteiger partial charge >= 0.3 is 0 Å². The van der Waals surface area contributed by atoms with Gasteiger partial charge in [0.15, 0.2) is 0 Å². The third kappa shape index (κ3) is 4.53. The highest BCUT2D eigenvalue weighted by Gasteiger charge is 2.28. The molecule has 0 aliphatic heterocycles. The quantitative estimate of drug-likeness (QED) is 0.580. The molecule has 154 valence electrons. The molecule has 0 saturated heterocycles. The second kappa shape index (κ2) is 8.94. The van der Waals surface area contributed by atoms with Crippen LogP contribution in [0.4, 0.5) is 0 Å². The molecule has 4 rings (SSSR count). The van der Waals surface area contributed by atoms with E-state index in [1.165, 1.54) is 0 Å². The van der Waals surface area contributed by atoms with Gasteiger partial charge in [-0.2, -0.15) is 4.72 Å². The molecule has 1 atom stereocenters. The van der Waals surface area contributed by atoms with E-state index < -0.39 is 16.1 Å². The van der Waals surface area contributed by atoms with Crippen molar-refractivity contribution in [1.82, 2.24) is 9.71 Å². The lowest BCUT2D eigenvalue weighted by molar-refractivity contribution is 0.561. The van der Waals surface area contributed by atoms with Crippen molar-refractivity contribution in [2.45, 2.75) is 43.5 Å². The Bertz CT molecular complexity index is 1120. The first-order valence-electron chi connectivity index (χ1n) is 10.3. The molecule has 0 bridgehead atoms. The van der Waals surface area contributed by atoms with Gasteiger partial charge in [-0.3, -0.25) is 4.98 Å². The van der Waals surface area contributed by atoms with Gasteiger partial charge in [0, 0.05) is 6.20 Å². The molecule has 1 N–H and O–H groups in total. The summed E-state index contributed by atoms with van der Waals surface area (Å²) < 4.78 is 29.5. The fraction of sp³-hybridized carbons (Fsp3) is 0.240. The third-order valence-electron chi connectivity index (χ3n) is 5.57. The number of nitrogens with one attached hydrogen (secondary N) is 1. The van der Waals surface area contributed by atoms with Gasteiger partial charge in [0.25, 0.3) is 0 Å². The summed E-state index contributed by atoms with van der Waals surface area (Å²) in [6.45, 7) is 1.95. The van der Waals surface area contributed by atoms with Gasteiger partial charge in [0.05, 0.1) is 16.6 Å². The number of benzene rings is 2. The summed E-state index contributed by atoms with van der Waals surface area (Å²) in [7, 11) is -3.68. The van der Waals surface area contributed by atoms with Crippen LogP contribution in [0.3, 0.4) is 0 Å². The molecule has 0 amide bonds. The van der Waals surface area contributed by atoms with Crippen LogP contribution in [0, 0.1) is 6.92 Å². The first-order valence-corrected chi connectivity index (χ1v) is 11.8. The van der Waals surface area contributed by atoms with Crippen molar-refractivity contribution in [2.24, 2.45) is 0 Å². The van der Waals surface area contributed by atoms with Crippen LogP contribution in [0.1, 0.15) is 48.5 Å². The van der Waals surface area contributed by atoms with E-state index in [0.717, 1.165) is 53.7 Å². The molecule has 30 heavy (non-hydrogen) atoms. The van der Waals surface area contributed by atoms with Crippen molar-refractivity contribution >= 4 is 15.6 Å². The molecular weight excluding hydrogens is 392 g/mol. The molecule has 5 heteroatoms. The average molecular weight is 419 g/mol. The molecule has 4 nitrogen and oxygen atoms in total. The van der Waals surface area contributed by atoms with Crippen LogP contribution in [0.15, 0.2) is 89.5 Å². The lowest BCUT2D eigenvalue weighted by atomic mass is 9.83. The summed E-state index contributed by atoms with van der Waals surface area (Å²) in [6, 6.07) is 22.3. The lowest BCUT2D eigenvalue weighted by Gasteiger charge is -2.28. The second-order valence-electron chi connectivity index (χ2n) is 7.70. The Hall–Kier alpha value is -2.76. The van der Waals surface area contributed by atoms with Crippen LogP contribution < -0.4 is 4.72 Å². The summed E-state index contributed by atoms with van der Waals surface area (Å²) in [6.07, 6.45) is 5.68. The molecule has 0 saturated carbocycles. The zero-order chi connectivity index (χ0) is 21.0. The number of nitrogens with zero attached hydrogens (tertiary/aromatic N) is 1. The summed E-state index contributed by atoms with van der Waals surface area (Å²) in [5, 5.41) is 0. The van der Waals surface area contributed by atoms with E-state index in [2.05, 4.69) is 9.71 Å². The highest BCUT2D eigenvalue weighted by atomic mass is 32.2. The zero-order valence-corrected chi connectivity index (χ0v) is 17.9. The fourth-order valence-electron chi connectivity index (χ4n) is 4.01. The summed E-state index contributed by atoms with van der Waals surface area (Å²) in [5.74, 6) is 0. The third-order valence-corrected chi connectivity index (χ3v) is 7.01. The van der Waals surface area contributed by atoms with Crippen LogP contribution in [0.5, 0.6) is 0 Å². The Kier molecular flexibility index (Phi) is 6.11. The van der Waals surface area contributed by atoms with Crippen LogP contribution in [-0.2, 0) is 10.0 Å². The Morgan fingerprint density at radius 3 is 2.27 bits per heavy atom. The van der Waals surface area contributed by atoms with Crippen molar-refractivity contribution < 1.29 is 8.42 Å². The molecule has 0 fully saturated rings.